The third-order valence-electron chi connectivity index (χ3n) is 10.6. The van der Waals surface area contributed by atoms with Gasteiger partial charge in [-0.2, -0.15) is 0 Å². The first-order valence-electron chi connectivity index (χ1n) is 18.7. The molecule has 0 fully saturated rings. The molecule has 4 aromatic heterocycles. The van der Waals surface area contributed by atoms with Crippen molar-refractivity contribution in [1.82, 2.24) is 15.0 Å². The lowest BCUT2D eigenvalue weighted by Gasteiger charge is -2.12. The highest BCUT2D eigenvalue weighted by Crippen LogP contribution is 2.43. The zero-order chi connectivity index (χ0) is 37.0. The monoisotopic (exact) mass is 717 g/mol. The number of rotatable bonds is 6. The second-order valence-electron chi connectivity index (χ2n) is 14.0. The first kappa shape index (κ1) is 31.9. The van der Waals surface area contributed by atoms with Crippen LogP contribution in [0, 0.1) is 0 Å². The highest BCUT2D eigenvalue weighted by molar-refractivity contribution is 6.17. The van der Waals surface area contributed by atoms with E-state index in [4.69, 9.17) is 18.8 Å². The van der Waals surface area contributed by atoms with E-state index in [0.717, 1.165) is 105 Å². The van der Waals surface area contributed by atoms with Crippen LogP contribution in [0.25, 0.3) is 111 Å². The molecule has 11 rings (SSSR count). The second kappa shape index (κ2) is 13.0. The zero-order valence-corrected chi connectivity index (χ0v) is 30.1. The van der Waals surface area contributed by atoms with Gasteiger partial charge in [0.15, 0.2) is 5.82 Å². The molecule has 4 heterocycles. The summed E-state index contributed by atoms with van der Waals surface area (Å²) in [6, 6.07) is 60.6. The molecule has 0 amide bonds. The van der Waals surface area contributed by atoms with E-state index in [1.165, 1.54) is 0 Å². The first-order chi connectivity index (χ1) is 27.7. The van der Waals surface area contributed by atoms with Crippen LogP contribution in [0.2, 0.25) is 0 Å². The summed E-state index contributed by atoms with van der Waals surface area (Å²) in [6.45, 7) is 0. The highest BCUT2D eigenvalue weighted by Gasteiger charge is 2.20. The maximum Gasteiger partial charge on any atom is 0.160 e. The van der Waals surface area contributed by atoms with Gasteiger partial charge in [-0.3, -0.25) is 4.98 Å². The first-order valence-corrected chi connectivity index (χ1v) is 18.7. The van der Waals surface area contributed by atoms with Crippen LogP contribution in [0.1, 0.15) is 0 Å². The molecule has 0 spiro atoms. The quantitative estimate of drug-likeness (QED) is 0.171. The molecular formula is C51H31N3O2. The Bertz CT molecular complexity index is 3220. The van der Waals surface area contributed by atoms with E-state index < -0.39 is 0 Å². The summed E-state index contributed by atoms with van der Waals surface area (Å²) in [4.78, 5) is 14.6. The molecule has 0 bridgehead atoms. The Morgan fingerprint density at radius 3 is 1.70 bits per heavy atom. The van der Waals surface area contributed by atoms with Crippen LogP contribution in [0.3, 0.4) is 0 Å². The van der Waals surface area contributed by atoms with Gasteiger partial charge in [-0.15, -0.1) is 0 Å². The van der Waals surface area contributed by atoms with Crippen molar-refractivity contribution in [1.29, 1.82) is 0 Å². The standard InChI is InChI=1S/C51H31N3O2/c1-2-9-35(10-3-1)44-30-45(54-51(53-44)36-22-20-33(21-23-36)32-16-18-34(19-17-32)38-11-8-28-52-31-38)42-27-26-39(49-43-13-5-7-15-47(43)56-50(42)49)37-24-25-41-40-12-4-6-14-46(40)55-48(41)29-37/h1-31H. The van der Waals surface area contributed by atoms with Crippen LogP contribution in [-0.4, -0.2) is 15.0 Å². The maximum absolute atomic E-state index is 6.74. The van der Waals surface area contributed by atoms with Crippen molar-refractivity contribution in [3.05, 3.63) is 188 Å². The van der Waals surface area contributed by atoms with Crippen LogP contribution >= 0.6 is 0 Å². The minimum atomic E-state index is 0.642. The number of furan rings is 2. The highest BCUT2D eigenvalue weighted by atomic mass is 16.3. The molecule has 0 radical (unpaired) electrons. The van der Waals surface area contributed by atoms with Crippen molar-refractivity contribution in [2.75, 3.05) is 0 Å². The van der Waals surface area contributed by atoms with E-state index in [-0.39, 0.29) is 0 Å². The number of hydrogen-bond acceptors (Lipinski definition) is 5. The van der Waals surface area contributed by atoms with Crippen LogP contribution in [0.4, 0.5) is 0 Å². The Hall–Kier alpha value is -7.63. The van der Waals surface area contributed by atoms with Gasteiger partial charge >= 0.3 is 0 Å². The van der Waals surface area contributed by atoms with Crippen molar-refractivity contribution in [2.24, 2.45) is 0 Å². The molecule has 5 heteroatoms. The van der Waals surface area contributed by atoms with Crippen molar-refractivity contribution in [2.45, 2.75) is 0 Å². The molecule has 11 aromatic rings. The molecule has 0 saturated heterocycles. The fraction of sp³-hybridized carbons (Fsp3) is 0. The summed E-state index contributed by atoms with van der Waals surface area (Å²) in [6.07, 6.45) is 3.68. The number of nitrogens with zero attached hydrogens (tertiary/aromatic N) is 3. The third-order valence-corrected chi connectivity index (χ3v) is 10.6. The largest absolute Gasteiger partial charge is 0.456 e. The molecule has 0 unspecified atom stereocenters. The van der Waals surface area contributed by atoms with E-state index in [1.807, 2.05) is 60.8 Å². The number of fused-ring (bicyclic) bond motifs is 6. The van der Waals surface area contributed by atoms with Gasteiger partial charge in [0.1, 0.15) is 22.3 Å². The second-order valence-corrected chi connectivity index (χ2v) is 14.0. The number of para-hydroxylation sites is 2. The molecule has 7 aromatic carbocycles. The predicted octanol–water partition coefficient (Wildman–Crippen LogP) is 13.7. The van der Waals surface area contributed by atoms with Gasteiger partial charge < -0.3 is 8.83 Å². The predicted molar refractivity (Wildman–Crippen MR) is 227 cm³/mol. The van der Waals surface area contributed by atoms with E-state index in [2.05, 4.69) is 126 Å². The zero-order valence-electron chi connectivity index (χ0n) is 30.1. The lowest BCUT2D eigenvalue weighted by atomic mass is 9.95. The van der Waals surface area contributed by atoms with Crippen molar-refractivity contribution >= 4 is 43.9 Å². The van der Waals surface area contributed by atoms with Gasteiger partial charge in [0.05, 0.1) is 11.4 Å². The molecule has 0 N–H and O–H groups in total. The molecule has 0 aliphatic carbocycles. The minimum Gasteiger partial charge on any atom is -0.456 e. The van der Waals surface area contributed by atoms with Crippen LogP contribution < -0.4 is 0 Å². The summed E-state index contributed by atoms with van der Waals surface area (Å²) < 4.78 is 13.1. The lowest BCUT2D eigenvalue weighted by molar-refractivity contribution is 0.668. The Kier molecular flexibility index (Phi) is 7.42. The van der Waals surface area contributed by atoms with Crippen molar-refractivity contribution in [3.8, 4) is 67.3 Å². The molecule has 56 heavy (non-hydrogen) atoms. The SMILES string of the molecule is c1ccc(-c2cc(-c3ccc(-c4ccc5c(c4)oc4ccccc45)c4c3oc3ccccc34)nc(-c3ccc(-c4ccc(-c5cccnc5)cc4)cc3)n2)cc1. The summed E-state index contributed by atoms with van der Waals surface area (Å²) in [5, 5.41) is 4.30. The fourth-order valence-electron chi connectivity index (χ4n) is 7.84. The third kappa shape index (κ3) is 5.45. The summed E-state index contributed by atoms with van der Waals surface area (Å²) >= 11 is 0. The average molecular weight is 718 g/mol. The van der Waals surface area contributed by atoms with Gasteiger partial charge in [0, 0.05) is 50.6 Å². The van der Waals surface area contributed by atoms with Crippen molar-refractivity contribution in [3.63, 3.8) is 0 Å². The van der Waals surface area contributed by atoms with Crippen LogP contribution in [-0.2, 0) is 0 Å². The summed E-state index contributed by atoms with van der Waals surface area (Å²) in [5.74, 6) is 0.642. The van der Waals surface area contributed by atoms with Crippen LogP contribution in [0.5, 0.6) is 0 Å². The van der Waals surface area contributed by atoms with E-state index in [9.17, 15) is 0 Å². The minimum absolute atomic E-state index is 0.642. The number of benzene rings is 7. The van der Waals surface area contributed by atoms with Crippen molar-refractivity contribution < 1.29 is 8.83 Å². The average Bonchev–Trinajstić information content (AvgIpc) is 3.85. The normalized spacial score (nSPS) is 11.6. The number of hydrogen-bond donors (Lipinski definition) is 0. The number of aromatic nitrogens is 3. The molecule has 0 aliphatic heterocycles. The Balaban J connectivity index is 1.04. The lowest BCUT2D eigenvalue weighted by Crippen LogP contribution is -1.96. The Labute approximate surface area is 322 Å². The van der Waals surface area contributed by atoms with E-state index >= 15 is 0 Å². The van der Waals surface area contributed by atoms with Gasteiger partial charge in [-0.1, -0.05) is 133 Å². The molecular weight excluding hydrogens is 687 g/mol. The fourth-order valence-corrected chi connectivity index (χ4v) is 7.84. The molecule has 0 saturated carbocycles. The molecule has 5 nitrogen and oxygen atoms in total. The summed E-state index contributed by atoms with van der Waals surface area (Å²) in [5.41, 5.74) is 14.4. The molecule has 0 aliphatic rings. The maximum atomic E-state index is 6.74. The van der Waals surface area contributed by atoms with E-state index in [1.54, 1.807) is 6.20 Å². The van der Waals surface area contributed by atoms with E-state index in [0.29, 0.717) is 5.82 Å². The smallest absolute Gasteiger partial charge is 0.160 e. The van der Waals surface area contributed by atoms with Gasteiger partial charge in [0.2, 0.25) is 0 Å². The van der Waals surface area contributed by atoms with Gasteiger partial charge in [-0.25, -0.2) is 9.97 Å². The molecule has 262 valence electrons. The summed E-state index contributed by atoms with van der Waals surface area (Å²) in [7, 11) is 0. The number of pyridine rings is 1. The topological polar surface area (TPSA) is 65.0 Å². The van der Waals surface area contributed by atoms with Crippen LogP contribution in [0.15, 0.2) is 197 Å². The Morgan fingerprint density at radius 2 is 0.946 bits per heavy atom. The van der Waals surface area contributed by atoms with Gasteiger partial charge in [0.25, 0.3) is 0 Å². The molecule has 0 atom stereocenters. The van der Waals surface area contributed by atoms with Gasteiger partial charge in [-0.05, 0) is 75.8 Å². The Morgan fingerprint density at radius 1 is 0.357 bits per heavy atom.